The minimum atomic E-state index is -0.552. The maximum Gasteiger partial charge on any atom is 0.326 e. The van der Waals surface area contributed by atoms with Gasteiger partial charge in [0.15, 0.2) is 11.5 Å². The van der Waals surface area contributed by atoms with Crippen LogP contribution in [0.2, 0.25) is 0 Å². The number of carbonyl (C=O) groups excluding carboxylic acids is 2. The van der Waals surface area contributed by atoms with Crippen molar-refractivity contribution < 1.29 is 19.1 Å². The maximum absolute atomic E-state index is 11.6. The van der Waals surface area contributed by atoms with Crippen LogP contribution < -0.4 is 20.1 Å². The van der Waals surface area contributed by atoms with Gasteiger partial charge in [0.2, 0.25) is 0 Å². The fourth-order valence-corrected chi connectivity index (χ4v) is 2.45. The molecule has 1 fully saturated rings. The Hall–Kier alpha value is -3.79. The summed E-state index contributed by atoms with van der Waals surface area (Å²) in [6, 6.07) is 13.9. The molecule has 2 aromatic carbocycles. The Morgan fingerprint density at radius 1 is 1.12 bits per heavy atom. The second-order valence-electron chi connectivity index (χ2n) is 5.43. The number of urea groups is 1. The molecule has 0 radical (unpaired) electrons. The zero-order chi connectivity index (χ0) is 18.5. The fourth-order valence-electron chi connectivity index (χ4n) is 2.45. The number of amides is 3. The fraction of sp³-hybridized carbons (Fsp3) is 0.105. The van der Waals surface area contributed by atoms with Crippen molar-refractivity contribution in [3.8, 4) is 17.6 Å². The van der Waals surface area contributed by atoms with Crippen molar-refractivity contribution >= 4 is 18.0 Å². The number of hydrogen-bond donors (Lipinski definition) is 2. The molecule has 2 N–H and O–H groups in total. The molecule has 26 heavy (non-hydrogen) atoms. The number of ether oxygens (including phenoxy) is 2. The van der Waals surface area contributed by atoms with E-state index >= 15 is 0 Å². The Morgan fingerprint density at radius 2 is 1.92 bits per heavy atom. The molecule has 0 aliphatic carbocycles. The lowest BCUT2D eigenvalue weighted by molar-refractivity contribution is -0.115. The first-order chi connectivity index (χ1) is 12.6. The van der Waals surface area contributed by atoms with E-state index in [9.17, 15) is 9.59 Å². The second-order valence-corrected chi connectivity index (χ2v) is 5.43. The molecule has 0 saturated carbocycles. The van der Waals surface area contributed by atoms with Crippen LogP contribution in [0.5, 0.6) is 11.5 Å². The lowest BCUT2D eigenvalue weighted by Crippen LogP contribution is -2.22. The number of methoxy groups -OCH3 is 1. The molecule has 7 nitrogen and oxygen atoms in total. The molecule has 0 atom stereocenters. The molecule has 7 heteroatoms. The lowest BCUT2D eigenvalue weighted by Gasteiger charge is -2.12. The molecule has 0 bridgehead atoms. The van der Waals surface area contributed by atoms with Crippen molar-refractivity contribution in [1.29, 1.82) is 5.26 Å². The summed E-state index contributed by atoms with van der Waals surface area (Å²) in [6.07, 6.45) is 1.54. The second kappa shape index (κ2) is 7.40. The minimum absolute atomic E-state index is 0.161. The first kappa shape index (κ1) is 17.0. The summed E-state index contributed by atoms with van der Waals surface area (Å²) in [5.41, 5.74) is 2.15. The third-order valence-corrected chi connectivity index (χ3v) is 3.74. The number of imide groups is 1. The number of nitrogens with one attached hydrogen (secondary N) is 2. The van der Waals surface area contributed by atoms with E-state index in [2.05, 4.69) is 16.7 Å². The maximum atomic E-state index is 11.6. The summed E-state index contributed by atoms with van der Waals surface area (Å²) < 4.78 is 11.1. The quantitative estimate of drug-likeness (QED) is 0.637. The molecule has 0 aromatic heterocycles. The monoisotopic (exact) mass is 349 g/mol. The van der Waals surface area contributed by atoms with E-state index < -0.39 is 11.9 Å². The average Bonchev–Trinajstić information content (AvgIpc) is 2.97. The highest BCUT2D eigenvalue weighted by Gasteiger charge is 2.22. The smallest absolute Gasteiger partial charge is 0.326 e. The molecule has 3 amide bonds. The van der Waals surface area contributed by atoms with Crippen molar-refractivity contribution in [2.45, 2.75) is 6.61 Å². The van der Waals surface area contributed by atoms with Crippen LogP contribution in [0, 0.1) is 11.3 Å². The molecule has 0 unspecified atom stereocenters. The number of nitrogens with zero attached hydrogens (tertiary/aromatic N) is 1. The zero-order valence-corrected chi connectivity index (χ0v) is 13.9. The van der Waals surface area contributed by atoms with Gasteiger partial charge in [-0.2, -0.15) is 5.26 Å². The van der Waals surface area contributed by atoms with Gasteiger partial charge < -0.3 is 14.8 Å². The predicted molar refractivity (Wildman–Crippen MR) is 93.1 cm³/mol. The average molecular weight is 349 g/mol. The molecule has 3 rings (SSSR count). The van der Waals surface area contributed by atoms with Gasteiger partial charge in [0, 0.05) is 5.56 Å². The molecule has 1 saturated heterocycles. The third-order valence-electron chi connectivity index (χ3n) is 3.74. The Bertz CT molecular complexity index is 944. The van der Waals surface area contributed by atoms with Gasteiger partial charge in [-0.3, -0.25) is 10.1 Å². The van der Waals surface area contributed by atoms with Gasteiger partial charge in [-0.25, -0.2) is 4.79 Å². The van der Waals surface area contributed by atoms with E-state index in [4.69, 9.17) is 14.7 Å². The Kier molecular flexibility index (Phi) is 4.85. The van der Waals surface area contributed by atoms with Gasteiger partial charge in [0.25, 0.3) is 5.91 Å². The largest absolute Gasteiger partial charge is 0.493 e. The highest BCUT2D eigenvalue weighted by Crippen LogP contribution is 2.30. The Balaban J connectivity index is 1.79. The Labute approximate surface area is 149 Å². The Morgan fingerprint density at radius 3 is 2.62 bits per heavy atom. The standard InChI is InChI=1S/C19H15N3O4/c1-25-17-9-12(8-15-18(23)22-19(24)21-15)6-7-16(17)26-11-14-5-3-2-4-13(14)10-20/h2-9H,11H2,1H3,(H2,21,22,23,24)/b15-8+. The predicted octanol–water partition coefficient (Wildman–Crippen LogP) is 2.33. The summed E-state index contributed by atoms with van der Waals surface area (Å²) in [6.45, 7) is 0.221. The highest BCUT2D eigenvalue weighted by atomic mass is 16.5. The molecule has 0 spiro atoms. The minimum Gasteiger partial charge on any atom is -0.493 e. The van der Waals surface area contributed by atoms with Gasteiger partial charge >= 0.3 is 6.03 Å². The third kappa shape index (κ3) is 3.65. The van der Waals surface area contributed by atoms with Crippen LogP contribution in [0.3, 0.4) is 0 Å². The van der Waals surface area contributed by atoms with E-state index in [1.807, 2.05) is 12.1 Å². The van der Waals surface area contributed by atoms with Gasteiger partial charge in [-0.1, -0.05) is 24.3 Å². The van der Waals surface area contributed by atoms with E-state index in [0.29, 0.717) is 22.6 Å². The summed E-state index contributed by atoms with van der Waals surface area (Å²) >= 11 is 0. The first-order valence-corrected chi connectivity index (χ1v) is 7.73. The lowest BCUT2D eigenvalue weighted by atomic mass is 10.1. The van der Waals surface area contributed by atoms with Crippen molar-refractivity contribution in [3.05, 3.63) is 64.9 Å². The van der Waals surface area contributed by atoms with Crippen molar-refractivity contribution in [2.24, 2.45) is 0 Å². The first-order valence-electron chi connectivity index (χ1n) is 7.73. The summed E-state index contributed by atoms with van der Waals surface area (Å²) in [5.74, 6) is 0.489. The van der Waals surface area contributed by atoms with Crippen LogP contribution in [0.25, 0.3) is 6.08 Å². The zero-order valence-electron chi connectivity index (χ0n) is 13.9. The molecule has 1 aliphatic heterocycles. The topological polar surface area (TPSA) is 100 Å². The van der Waals surface area contributed by atoms with Gasteiger partial charge in [-0.15, -0.1) is 0 Å². The van der Waals surface area contributed by atoms with Crippen molar-refractivity contribution in [2.75, 3.05) is 7.11 Å². The van der Waals surface area contributed by atoms with Crippen LogP contribution in [0.1, 0.15) is 16.7 Å². The van der Waals surface area contributed by atoms with Crippen LogP contribution in [-0.4, -0.2) is 19.0 Å². The van der Waals surface area contributed by atoms with Crippen molar-refractivity contribution in [3.63, 3.8) is 0 Å². The van der Waals surface area contributed by atoms with E-state index in [1.54, 1.807) is 30.3 Å². The number of hydrogen-bond acceptors (Lipinski definition) is 5. The van der Waals surface area contributed by atoms with Crippen LogP contribution in [0.4, 0.5) is 4.79 Å². The van der Waals surface area contributed by atoms with Gasteiger partial charge in [0.1, 0.15) is 12.3 Å². The van der Waals surface area contributed by atoms with Gasteiger partial charge in [0.05, 0.1) is 18.7 Å². The van der Waals surface area contributed by atoms with E-state index in [-0.39, 0.29) is 12.3 Å². The molecular formula is C19H15N3O4. The molecular weight excluding hydrogens is 334 g/mol. The molecule has 130 valence electrons. The van der Waals surface area contributed by atoms with E-state index in [1.165, 1.54) is 13.2 Å². The van der Waals surface area contributed by atoms with Crippen LogP contribution in [0.15, 0.2) is 48.2 Å². The highest BCUT2D eigenvalue weighted by molar-refractivity contribution is 6.14. The number of benzene rings is 2. The summed E-state index contributed by atoms with van der Waals surface area (Å²) in [7, 11) is 1.51. The summed E-state index contributed by atoms with van der Waals surface area (Å²) in [5, 5.41) is 13.7. The number of rotatable bonds is 5. The molecule has 1 aliphatic rings. The van der Waals surface area contributed by atoms with Gasteiger partial charge in [-0.05, 0) is 29.8 Å². The van der Waals surface area contributed by atoms with Crippen molar-refractivity contribution in [1.82, 2.24) is 10.6 Å². The van der Waals surface area contributed by atoms with Crippen LogP contribution >= 0.6 is 0 Å². The molecule has 1 heterocycles. The van der Waals surface area contributed by atoms with E-state index in [0.717, 1.165) is 5.56 Å². The summed E-state index contributed by atoms with van der Waals surface area (Å²) in [4.78, 5) is 22.7. The SMILES string of the molecule is COc1cc(/C=C2/NC(=O)NC2=O)ccc1OCc1ccccc1C#N. The number of carbonyl (C=O) groups is 2. The number of nitriles is 1. The molecule has 2 aromatic rings. The normalized spacial score (nSPS) is 14.5. The van der Waals surface area contributed by atoms with Crippen LogP contribution in [-0.2, 0) is 11.4 Å².